The zero-order valence-electron chi connectivity index (χ0n) is 12.5. The van der Waals surface area contributed by atoms with Crippen molar-refractivity contribution >= 4 is 6.09 Å². The Morgan fingerprint density at radius 3 is 2.60 bits per heavy atom. The van der Waals surface area contributed by atoms with E-state index in [2.05, 4.69) is 24.4 Å². The summed E-state index contributed by atoms with van der Waals surface area (Å²) in [6.07, 6.45) is 3.44. The Kier molecular flexibility index (Phi) is 7.09. The highest BCUT2D eigenvalue weighted by molar-refractivity contribution is 5.65. The van der Waals surface area contributed by atoms with Gasteiger partial charge in [-0.25, -0.2) is 4.79 Å². The van der Waals surface area contributed by atoms with Crippen molar-refractivity contribution in [1.29, 1.82) is 0 Å². The molecule has 112 valence electrons. The zero-order valence-corrected chi connectivity index (χ0v) is 12.5. The molecule has 1 aromatic carbocycles. The highest BCUT2D eigenvalue weighted by Gasteiger charge is 2.27. The smallest absolute Gasteiger partial charge is 0.405 e. The third kappa shape index (κ3) is 6.57. The van der Waals surface area contributed by atoms with Crippen LogP contribution in [0.25, 0.3) is 0 Å². The summed E-state index contributed by atoms with van der Waals surface area (Å²) < 4.78 is 5.30. The first-order valence-corrected chi connectivity index (χ1v) is 7.29. The maximum absolute atomic E-state index is 11.1. The molecule has 1 aromatic rings. The van der Waals surface area contributed by atoms with Crippen LogP contribution in [-0.2, 0) is 11.3 Å². The lowest BCUT2D eigenvalue weighted by Gasteiger charge is -2.29. The fourth-order valence-corrected chi connectivity index (χ4v) is 2.23. The number of carbonyl (C=O) groups excluding carboxylic acids is 1. The maximum Gasteiger partial charge on any atom is 0.405 e. The van der Waals surface area contributed by atoms with E-state index in [4.69, 9.17) is 10.5 Å². The van der Waals surface area contributed by atoms with Gasteiger partial charge < -0.3 is 15.8 Å². The Hall–Kier alpha value is -1.55. The molecule has 4 heteroatoms. The topological polar surface area (TPSA) is 64.3 Å². The molecule has 1 rings (SSSR count). The predicted octanol–water partition coefficient (Wildman–Crippen LogP) is 3.21. The Balaban J connectivity index is 2.44. The second kappa shape index (κ2) is 8.59. The first-order chi connectivity index (χ1) is 9.56. The van der Waals surface area contributed by atoms with Crippen molar-refractivity contribution in [1.82, 2.24) is 5.32 Å². The number of carbonyl (C=O) groups is 1. The number of hydrogen-bond donors (Lipinski definition) is 2. The fourth-order valence-electron chi connectivity index (χ4n) is 2.23. The highest BCUT2D eigenvalue weighted by Crippen LogP contribution is 2.19. The van der Waals surface area contributed by atoms with E-state index in [0.717, 1.165) is 32.2 Å². The number of unbranched alkanes of at least 4 members (excludes halogenated alkanes) is 2. The number of hydrogen-bond acceptors (Lipinski definition) is 3. The number of rotatable bonds is 9. The highest BCUT2D eigenvalue weighted by atomic mass is 16.6. The standard InChI is InChI=1S/C16H26N2O2/c1-3-4-8-11-16(2,20-15(17)19)13-18-12-14-9-6-5-7-10-14/h5-7,9-10,18H,3-4,8,11-13H2,1-2H3,(H2,17,19). The van der Waals surface area contributed by atoms with E-state index in [0.29, 0.717) is 6.54 Å². The first kappa shape index (κ1) is 16.5. The van der Waals surface area contributed by atoms with Crippen LogP contribution < -0.4 is 11.1 Å². The summed E-state index contributed by atoms with van der Waals surface area (Å²) in [5.74, 6) is 0. The molecule has 0 aromatic heterocycles. The molecule has 20 heavy (non-hydrogen) atoms. The van der Waals surface area contributed by atoms with Gasteiger partial charge in [0.05, 0.1) is 0 Å². The van der Waals surface area contributed by atoms with Crippen molar-refractivity contribution in [3.8, 4) is 0 Å². The molecule has 0 fully saturated rings. The second-order valence-corrected chi connectivity index (χ2v) is 5.42. The van der Waals surface area contributed by atoms with E-state index in [1.807, 2.05) is 25.1 Å². The van der Waals surface area contributed by atoms with Gasteiger partial charge in [0.15, 0.2) is 0 Å². The summed E-state index contributed by atoms with van der Waals surface area (Å²) >= 11 is 0. The van der Waals surface area contributed by atoms with E-state index in [1.165, 1.54) is 5.56 Å². The van der Waals surface area contributed by atoms with Crippen molar-refractivity contribution in [2.45, 2.75) is 51.7 Å². The van der Waals surface area contributed by atoms with E-state index >= 15 is 0 Å². The number of nitrogens with one attached hydrogen (secondary N) is 1. The minimum Gasteiger partial charge on any atom is -0.442 e. The van der Waals surface area contributed by atoms with Crippen molar-refractivity contribution in [2.24, 2.45) is 5.73 Å². The van der Waals surface area contributed by atoms with E-state index in [9.17, 15) is 4.79 Å². The van der Waals surface area contributed by atoms with E-state index < -0.39 is 11.7 Å². The molecule has 3 N–H and O–H groups in total. The fraction of sp³-hybridized carbons (Fsp3) is 0.562. The van der Waals surface area contributed by atoms with E-state index in [1.54, 1.807) is 0 Å². The van der Waals surface area contributed by atoms with Crippen molar-refractivity contribution in [2.75, 3.05) is 6.54 Å². The molecule has 0 aliphatic heterocycles. The summed E-state index contributed by atoms with van der Waals surface area (Å²) in [7, 11) is 0. The van der Waals surface area contributed by atoms with Crippen molar-refractivity contribution in [3.05, 3.63) is 35.9 Å². The molecule has 1 amide bonds. The quantitative estimate of drug-likeness (QED) is 0.682. The molecule has 0 aliphatic rings. The maximum atomic E-state index is 11.1. The van der Waals surface area contributed by atoms with Crippen LogP contribution >= 0.6 is 0 Å². The Labute approximate surface area is 121 Å². The summed E-state index contributed by atoms with van der Waals surface area (Å²) in [5.41, 5.74) is 5.86. The van der Waals surface area contributed by atoms with Gasteiger partial charge in [-0.05, 0) is 25.3 Å². The number of amides is 1. The third-order valence-corrected chi connectivity index (χ3v) is 3.33. The lowest BCUT2D eigenvalue weighted by Crippen LogP contribution is -2.43. The molecule has 0 heterocycles. The minimum absolute atomic E-state index is 0.532. The summed E-state index contributed by atoms with van der Waals surface area (Å²) in [5, 5.41) is 3.34. The van der Waals surface area contributed by atoms with Gasteiger partial charge >= 0.3 is 6.09 Å². The molecule has 0 aliphatic carbocycles. The molecule has 0 saturated heterocycles. The van der Waals surface area contributed by atoms with Gasteiger partial charge in [-0.3, -0.25) is 0 Å². The van der Waals surface area contributed by atoms with Crippen LogP contribution in [0.1, 0.15) is 45.1 Å². The molecule has 0 radical (unpaired) electrons. The van der Waals surface area contributed by atoms with Gasteiger partial charge in [0.1, 0.15) is 5.60 Å². The normalized spacial score (nSPS) is 13.7. The SMILES string of the molecule is CCCCCC(C)(CNCc1ccccc1)OC(N)=O. The average Bonchev–Trinajstić information content (AvgIpc) is 2.39. The molecule has 0 saturated carbocycles. The Bertz CT molecular complexity index is 395. The zero-order chi connectivity index (χ0) is 14.8. The first-order valence-electron chi connectivity index (χ1n) is 7.29. The largest absolute Gasteiger partial charge is 0.442 e. The van der Waals surface area contributed by atoms with Gasteiger partial charge in [-0.1, -0.05) is 50.1 Å². The van der Waals surface area contributed by atoms with Crippen LogP contribution in [0.15, 0.2) is 30.3 Å². The Morgan fingerprint density at radius 1 is 1.30 bits per heavy atom. The van der Waals surface area contributed by atoms with Gasteiger partial charge in [0.25, 0.3) is 0 Å². The predicted molar refractivity (Wildman–Crippen MR) is 81.4 cm³/mol. The van der Waals surface area contributed by atoms with Crippen molar-refractivity contribution < 1.29 is 9.53 Å². The lowest BCUT2D eigenvalue weighted by molar-refractivity contribution is 0.0226. The summed E-state index contributed by atoms with van der Waals surface area (Å²) in [6.45, 7) is 5.45. The molecule has 1 unspecified atom stereocenters. The Morgan fingerprint density at radius 2 is 2.00 bits per heavy atom. The minimum atomic E-state index is -0.703. The van der Waals surface area contributed by atoms with Crippen LogP contribution in [0.5, 0.6) is 0 Å². The van der Waals surface area contributed by atoms with Crippen LogP contribution in [0.2, 0.25) is 0 Å². The van der Waals surface area contributed by atoms with Crippen LogP contribution in [0, 0.1) is 0 Å². The lowest BCUT2D eigenvalue weighted by atomic mass is 9.98. The summed E-state index contributed by atoms with van der Waals surface area (Å²) in [6, 6.07) is 10.1. The number of nitrogens with two attached hydrogens (primary N) is 1. The van der Waals surface area contributed by atoms with Gasteiger partial charge in [-0.2, -0.15) is 0 Å². The molecule has 4 nitrogen and oxygen atoms in total. The number of ether oxygens (including phenoxy) is 1. The van der Waals surface area contributed by atoms with Crippen LogP contribution in [0.3, 0.4) is 0 Å². The second-order valence-electron chi connectivity index (χ2n) is 5.42. The van der Waals surface area contributed by atoms with Gasteiger partial charge in [0.2, 0.25) is 0 Å². The molecular formula is C16H26N2O2. The molecular weight excluding hydrogens is 252 g/mol. The molecule has 0 bridgehead atoms. The van der Waals surface area contributed by atoms with Crippen LogP contribution in [0.4, 0.5) is 4.79 Å². The average molecular weight is 278 g/mol. The number of benzene rings is 1. The third-order valence-electron chi connectivity index (χ3n) is 3.33. The van der Waals surface area contributed by atoms with Gasteiger partial charge in [0, 0.05) is 13.1 Å². The van der Waals surface area contributed by atoms with E-state index in [-0.39, 0.29) is 0 Å². The molecule has 0 spiro atoms. The number of primary amides is 1. The monoisotopic (exact) mass is 278 g/mol. The van der Waals surface area contributed by atoms with Gasteiger partial charge in [-0.15, -0.1) is 0 Å². The molecule has 1 atom stereocenters. The summed E-state index contributed by atoms with van der Waals surface area (Å²) in [4.78, 5) is 11.1. The van der Waals surface area contributed by atoms with Crippen LogP contribution in [-0.4, -0.2) is 18.2 Å². The van der Waals surface area contributed by atoms with Crippen molar-refractivity contribution in [3.63, 3.8) is 0 Å².